The summed E-state index contributed by atoms with van der Waals surface area (Å²) in [5, 5.41) is 0. The van der Waals surface area contributed by atoms with Crippen LogP contribution in [-0.4, -0.2) is 11.0 Å². The molecule has 1 aromatic heterocycles. The number of hydrogen-bond acceptors (Lipinski definition) is 4. The molecule has 0 aliphatic carbocycles. The zero-order valence-electron chi connectivity index (χ0n) is 5.36. The molecule has 11 heavy (non-hydrogen) atoms. The zero-order valence-corrected chi connectivity index (χ0v) is 6.12. The molecule has 0 saturated carbocycles. The minimum Gasteiger partial charge on any atom is -0.273 e. The molecule has 0 aromatic carbocycles. The van der Waals surface area contributed by atoms with Crippen LogP contribution in [0, 0.1) is 0 Å². The summed E-state index contributed by atoms with van der Waals surface area (Å²) in [6.45, 7) is 0. The predicted molar refractivity (Wildman–Crippen MR) is 36.6 cm³/mol. The third-order valence-corrected chi connectivity index (χ3v) is 1.04. The molecule has 0 bridgehead atoms. The molecule has 0 amide bonds. The first-order valence-electron chi connectivity index (χ1n) is 2.75. The Morgan fingerprint density at radius 3 is 2.91 bits per heavy atom. The average molecular weight is 174 g/mol. The van der Waals surface area contributed by atoms with Crippen LogP contribution in [0.15, 0.2) is 24.4 Å². The lowest BCUT2D eigenvalue weighted by Crippen LogP contribution is -2.03. The molecule has 0 atom stereocenters. The van der Waals surface area contributed by atoms with Crippen molar-refractivity contribution in [1.29, 1.82) is 0 Å². The summed E-state index contributed by atoms with van der Waals surface area (Å²) in [6, 6.07) is 4.81. The molecular weight excluding hydrogens is 170 g/mol. The molecule has 0 aliphatic heterocycles. The summed E-state index contributed by atoms with van der Waals surface area (Å²) >= 11 is 4.68. The van der Waals surface area contributed by atoms with E-state index >= 15 is 0 Å². The number of halogens is 1. The van der Waals surface area contributed by atoms with Crippen molar-refractivity contribution in [3.8, 4) is 0 Å². The molecule has 0 spiro atoms. The highest BCUT2D eigenvalue weighted by molar-refractivity contribution is 6.07. The Labute approximate surface area is 67.8 Å². The lowest BCUT2D eigenvalue weighted by Gasteiger charge is -1.94. The fourth-order valence-electron chi connectivity index (χ4n) is 0.555. The highest BCUT2D eigenvalue weighted by Gasteiger charge is 2.07. The van der Waals surface area contributed by atoms with Crippen LogP contribution in [0.1, 0.15) is 10.5 Å². The van der Waals surface area contributed by atoms with Crippen molar-refractivity contribution in [3.05, 3.63) is 30.1 Å². The van der Waals surface area contributed by atoms with Gasteiger partial charge in [0, 0.05) is 6.20 Å². The number of carbonyl (C=O) groups excluding carboxylic acids is 1. The van der Waals surface area contributed by atoms with E-state index in [1.807, 2.05) is 0 Å². The first-order valence-corrected chi connectivity index (χ1v) is 3.06. The molecule has 1 aromatic rings. The number of nitrogens with zero attached hydrogens (tertiary/aromatic N) is 1. The van der Waals surface area contributed by atoms with Gasteiger partial charge in [0.1, 0.15) is 11.9 Å². The first-order chi connectivity index (χ1) is 5.34. The van der Waals surface area contributed by atoms with Crippen molar-refractivity contribution in [3.63, 3.8) is 0 Å². The topological polar surface area (TPSA) is 48.4 Å². The van der Waals surface area contributed by atoms with Gasteiger partial charge in [-0.25, -0.2) is 9.78 Å². The van der Waals surface area contributed by atoms with Gasteiger partial charge in [0.2, 0.25) is 0 Å². The van der Waals surface area contributed by atoms with Gasteiger partial charge >= 0.3 is 5.97 Å². The van der Waals surface area contributed by atoms with Gasteiger partial charge in [0.05, 0.1) is 0 Å². The molecule has 0 unspecified atom stereocenters. The Balaban J connectivity index is 2.69. The lowest BCUT2D eigenvalue weighted by molar-refractivity contribution is -0.144. The number of carbonyl (C=O) groups is 1. The SMILES string of the molecule is O=C(OOCl)c1ccccn1. The maximum Gasteiger partial charge on any atom is 0.393 e. The Kier molecular flexibility index (Phi) is 2.83. The van der Waals surface area contributed by atoms with Gasteiger partial charge in [0.15, 0.2) is 5.69 Å². The Morgan fingerprint density at radius 2 is 2.36 bits per heavy atom. The second kappa shape index (κ2) is 3.90. The summed E-state index contributed by atoms with van der Waals surface area (Å²) in [6.07, 6.45) is 1.46. The molecule has 1 rings (SSSR count). The van der Waals surface area contributed by atoms with Crippen LogP contribution in [0.4, 0.5) is 0 Å². The van der Waals surface area contributed by atoms with Gasteiger partial charge in [0.25, 0.3) is 0 Å². The van der Waals surface area contributed by atoms with Gasteiger partial charge < -0.3 is 0 Å². The van der Waals surface area contributed by atoms with Crippen molar-refractivity contribution in [2.45, 2.75) is 0 Å². The smallest absolute Gasteiger partial charge is 0.273 e. The summed E-state index contributed by atoms with van der Waals surface area (Å²) in [5.74, 6) is -0.722. The molecule has 1 heterocycles. The van der Waals surface area contributed by atoms with Crippen LogP contribution < -0.4 is 0 Å². The fraction of sp³-hybridized carbons (Fsp3) is 0. The van der Waals surface area contributed by atoms with Crippen molar-refractivity contribution >= 4 is 17.8 Å². The van der Waals surface area contributed by atoms with E-state index in [9.17, 15) is 4.79 Å². The molecule has 0 saturated heterocycles. The van der Waals surface area contributed by atoms with E-state index in [0.29, 0.717) is 0 Å². The minimum atomic E-state index is -0.722. The number of aromatic nitrogens is 1. The fourth-order valence-corrected chi connectivity index (χ4v) is 0.612. The van der Waals surface area contributed by atoms with Crippen LogP contribution in [0.2, 0.25) is 0 Å². The first kappa shape index (κ1) is 7.97. The Morgan fingerprint density at radius 1 is 1.55 bits per heavy atom. The third kappa shape index (κ3) is 2.18. The lowest BCUT2D eigenvalue weighted by atomic mass is 10.4. The van der Waals surface area contributed by atoms with Crippen LogP contribution >= 0.6 is 11.9 Å². The van der Waals surface area contributed by atoms with Crippen molar-refractivity contribution in [2.24, 2.45) is 0 Å². The van der Waals surface area contributed by atoms with E-state index in [2.05, 4.69) is 26.2 Å². The molecule has 5 heteroatoms. The second-order valence-corrected chi connectivity index (χ2v) is 1.77. The highest BCUT2D eigenvalue weighted by atomic mass is 35.5. The monoisotopic (exact) mass is 173 g/mol. The normalized spacial score (nSPS) is 9.18. The molecule has 4 nitrogen and oxygen atoms in total. The van der Waals surface area contributed by atoms with Gasteiger partial charge in [-0.05, 0) is 12.1 Å². The predicted octanol–water partition coefficient (Wildman–Crippen LogP) is 1.32. The van der Waals surface area contributed by atoms with E-state index in [1.54, 1.807) is 12.1 Å². The second-order valence-electron chi connectivity index (χ2n) is 1.65. The van der Waals surface area contributed by atoms with E-state index in [-0.39, 0.29) is 5.69 Å². The largest absolute Gasteiger partial charge is 0.393 e. The summed E-state index contributed by atoms with van der Waals surface area (Å²) in [7, 11) is 0. The number of rotatable bonds is 2. The van der Waals surface area contributed by atoms with Crippen LogP contribution in [0.3, 0.4) is 0 Å². The minimum absolute atomic E-state index is 0.146. The summed E-state index contributed by atoms with van der Waals surface area (Å²) in [4.78, 5) is 18.4. The van der Waals surface area contributed by atoms with Crippen molar-refractivity contribution < 1.29 is 14.1 Å². The molecule has 0 fully saturated rings. The maximum absolute atomic E-state index is 10.8. The summed E-state index contributed by atoms with van der Waals surface area (Å²) in [5.41, 5.74) is 0.146. The number of hydrogen-bond donors (Lipinski definition) is 0. The molecular formula is C6H4ClNO3. The summed E-state index contributed by atoms with van der Waals surface area (Å²) < 4.78 is 3.64. The van der Waals surface area contributed by atoms with Gasteiger partial charge in [-0.15, -0.1) is 0 Å². The van der Waals surface area contributed by atoms with E-state index in [1.165, 1.54) is 12.3 Å². The molecule has 0 aliphatic rings. The van der Waals surface area contributed by atoms with E-state index < -0.39 is 5.97 Å². The Bertz CT molecular complexity index is 239. The molecule has 0 N–H and O–H groups in total. The van der Waals surface area contributed by atoms with E-state index in [0.717, 1.165) is 0 Å². The third-order valence-electron chi connectivity index (χ3n) is 0.981. The zero-order chi connectivity index (χ0) is 8.10. The van der Waals surface area contributed by atoms with Crippen LogP contribution in [-0.2, 0) is 9.33 Å². The Hall–Kier alpha value is -1.13. The van der Waals surface area contributed by atoms with E-state index in [4.69, 9.17) is 0 Å². The number of pyridine rings is 1. The highest BCUT2D eigenvalue weighted by Crippen LogP contribution is 1.97. The standard InChI is InChI=1S/C6H4ClNO3/c7-11-10-6(9)5-3-1-2-4-8-5/h1-4H. The average Bonchev–Trinajstić information content (AvgIpc) is 2.07. The maximum atomic E-state index is 10.8. The molecule has 58 valence electrons. The van der Waals surface area contributed by atoms with Crippen LogP contribution in [0.5, 0.6) is 0 Å². The van der Waals surface area contributed by atoms with Gasteiger partial charge in [-0.1, -0.05) is 10.5 Å². The van der Waals surface area contributed by atoms with Crippen molar-refractivity contribution in [2.75, 3.05) is 0 Å². The van der Waals surface area contributed by atoms with Crippen molar-refractivity contribution in [1.82, 2.24) is 4.98 Å². The quantitative estimate of drug-likeness (QED) is 0.500. The van der Waals surface area contributed by atoms with Crippen LogP contribution in [0.25, 0.3) is 0 Å². The van der Waals surface area contributed by atoms with Gasteiger partial charge in [-0.2, -0.15) is 0 Å². The molecule has 0 radical (unpaired) electrons. The van der Waals surface area contributed by atoms with Gasteiger partial charge in [-0.3, -0.25) is 4.89 Å².